The largest absolute Gasteiger partial charge is 0.342 e. The van der Waals surface area contributed by atoms with E-state index < -0.39 is 0 Å². The van der Waals surface area contributed by atoms with Crippen LogP contribution in [0.5, 0.6) is 0 Å². The van der Waals surface area contributed by atoms with Crippen molar-refractivity contribution >= 4 is 23.3 Å². The number of nitrogens with zero attached hydrogens (tertiary/aromatic N) is 4. The Morgan fingerprint density at radius 2 is 1.80 bits per heavy atom. The summed E-state index contributed by atoms with van der Waals surface area (Å²) in [4.78, 5) is 29.3. The summed E-state index contributed by atoms with van der Waals surface area (Å²) in [6, 6.07) is 17.9. The van der Waals surface area contributed by atoms with Crippen molar-refractivity contribution in [1.82, 2.24) is 20.4 Å². The van der Waals surface area contributed by atoms with E-state index in [9.17, 15) is 14.0 Å². The molecule has 0 atom stereocenters. The number of halogens is 1. The first-order valence-electron chi connectivity index (χ1n) is 12.0. The quantitative estimate of drug-likeness (QED) is 0.593. The predicted molar refractivity (Wildman–Crippen MR) is 131 cm³/mol. The van der Waals surface area contributed by atoms with Gasteiger partial charge in [-0.05, 0) is 66.3 Å². The van der Waals surface area contributed by atoms with Crippen molar-refractivity contribution in [2.45, 2.75) is 25.2 Å². The molecule has 2 aliphatic heterocycles. The van der Waals surface area contributed by atoms with E-state index in [1.54, 1.807) is 35.4 Å². The molecular weight excluding hydrogens is 445 g/mol. The predicted octanol–water partition coefficient (Wildman–Crippen LogP) is 3.45. The number of piperidine rings is 1. The molecule has 8 heteroatoms. The average Bonchev–Trinajstić information content (AvgIpc) is 2.84. The van der Waals surface area contributed by atoms with Gasteiger partial charge in [-0.2, -0.15) is 5.10 Å². The smallest absolute Gasteiger partial charge is 0.238 e. The normalized spacial score (nSPS) is 16.5. The molecule has 5 rings (SSSR count). The SMILES string of the molecule is O=C(Cc1cccc(F)c1)N1CCC(c2ccc(N(C(=O)C3CNC3)c3cccnn3)cc2)CC1. The molecule has 0 bridgehead atoms. The number of benzene rings is 2. The molecule has 7 nitrogen and oxygen atoms in total. The third-order valence-electron chi connectivity index (χ3n) is 6.85. The Morgan fingerprint density at radius 1 is 1.03 bits per heavy atom. The molecule has 180 valence electrons. The number of nitrogens with one attached hydrogen (secondary N) is 1. The van der Waals surface area contributed by atoms with E-state index in [1.165, 1.54) is 17.7 Å². The molecule has 3 aromatic rings. The Balaban J connectivity index is 1.23. The van der Waals surface area contributed by atoms with Crippen molar-refractivity contribution < 1.29 is 14.0 Å². The number of likely N-dealkylation sites (tertiary alicyclic amines) is 1. The van der Waals surface area contributed by atoms with Crippen LogP contribution >= 0.6 is 0 Å². The van der Waals surface area contributed by atoms with Gasteiger partial charge in [0.1, 0.15) is 5.82 Å². The molecule has 0 radical (unpaired) electrons. The molecule has 3 heterocycles. The lowest BCUT2D eigenvalue weighted by Crippen LogP contribution is -2.51. The Kier molecular flexibility index (Phi) is 6.81. The van der Waals surface area contributed by atoms with Crippen molar-refractivity contribution in [1.29, 1.82) is 0 Å². The first kappa shape index (κ1) is 23.1. The van der Waals surface area contributed by atoms with E-state index in [-0.39, 0.29) is 30.0 Å². The van der Waals surface area contributed by atoms with Gasteiger partial charge in [-0.3, -0.25) is 14.5 Å². The van der Waals surface area contributed by atoms with Gasteiger partial charge in [0.05, 0.1) is 18.0 Å². The van der Waals surface area contributed by atoms with E-state index in [2.05, 4.69) is 27.6 Å². The average molecular weight is 474 g/mol. The molecule has 2 aliphatic rings. The summed E-state index contributed by atoms with van der Waals surface area (Å²) in [5.41, 5.74) is 2.67. The molecule has 0 aliphatic carbocycles. The molecule has 0 spiro atoms. The van der Waals surface area contributed by atoms with E-state index in [1.807, 2.05) is 17.0 Å². The molecule has 0 saturated carbocycles. The third-order valence-corrected chi connectivity index (χ3v) is 6.85. The van der Waals surface area contributed by atoms with Crippen LogP contribution in [0.25, 0.3) is 0 Å². The maximum atomic E-state index is 13.4. The molecule has 2 fully saturated rings. The minimum Gasteiger partial charge on any atom is -0.342 e. The second-order valence-electron chi connectivity index (χ2n) is 9.16. The molecule has 2 amide bonds. The van der Waals surface area contributed by atoms with Crippen molar-refractivity contribution in [3.05, 3.63) is 83.8 Å². The van der Waals surface area contributed by atoms with Crippen molar-refractivity contribution in [2.75, 3.05) is 31.1 Å². The van der Waals surface area contributed by atoms with Crippen LogP contribution in [0.15, 0.2) is 66.9 Å². The lowest BCUT2D eigenvalue weighted by atomic mass is 9.89. The fourth-order valence-corrected chi connectivity index (χ4v) is 4.72. The Labute approximate surface area is 204 Å². The lowest BCUT2D eigenvalue weighted by molar-refractivity contribution is -0.131. The maximum Gasteiger partial charge on any atom is 0.238 e. The lowest BCUT2D eigenvalue weighted by Gasteiger charge is -2.33. The minimum absolute atomic E-state index is 0.0158. The zero-order valence-electron chi connectivity index (χ0n) is 19.4. The van der Waals surface area contributed by atoms with Gasteiger partial charge in [0, 0.05) is 32.4 Å². The zero-order valence-corrected chi connectivity index (χ0v) is 19.4. The second-order valence-corrected chi connectivity index (χ2v) is 9.16. The number of aromatic nitrogens is 2. The highest BCUT2D eigenvalue weighted by molar-refractivity contribution is 6.01. The van der Waals surface area contributed by atoms with Crippen LogP contribution in [0.4, 0.5) is 15.9 Å². The van der Waals surface area contributed by atoms with Crippen LogP contribution < -0.4 is 10.2 Å². The van der Waals surface area contributed by atoms with Crippen molar-refractivity contribution in [3.8, 4) is 0 Å². The van der Waals surface area contributed by atoms with E-state index in [0.717, 1.165) is 18.5 Å². The van der Waals surface area contributed by atoms with E-state index >= 15 is 0 Å². The second kappa shape index (κ2) is 10.3. The molecule has 0 unspecified atom stereocenters. The number of hydrogen-bond acceptors (Lipinski definition) is 5. The summed E-state index contributed by atoms with van der Waals surface area (Å²) < 4.78 is 13.4. The van der Waals surface area contributed by atoms with Gasteiger partial charge in [0.25, 0.3) is 0 Å². The Hall–Kier alpha value is -3.65. The number of anilines is 2. The van der Waals surface area contributed by atoms with Crippen LogP contribution in [0.3, 0.4) is 0 Å². The first-order chi connectivity index (χ1) is 17.1. The van der Waals surface area contributed by atoms with Crippen molar-refractivity contribution in [3.63, 3.8) is 0 Å². The molecule has 2 aromatic carbocycles. The highest BCUT2D eigenvalue weighted by atomic mass is 19.1. The van der Waals surface area contributed by atoms with Crippen LogP contribution in [0.1, 0.15) is 29.9 Å². The number of carbonyl (C=O) groups excluding carboxylic acids is 2. The molecular formula is C27H28FN5O2. The summed E-state index contributed by atoms with van der Waals surface area (Å²) >= 11 is 0. The van der Waals surface area contributed by atoms with Gasteiger partial charge in [0.15, 0.2) is 5.82 Å². The van der Waals surface area contributed by atoms with Crippen molar-refractivity contribution in [2.24, 2.45) is 5.92 Å². The topological polar surface area (TPSA) is 78.4 Å². The summed E-state index contributed by atoms with van der Waals surface area (Å²) in [7, 11) is 0. The molecule has 1 aromatic heterocycles. The van der Waals surface area contributed by atoms with Gasteiger partial charge in [-0.25, -0.2) is 4.39 Å². The number of carbonyl (C=O) groups is 2. The van der Waals surface area contributed by atoms with E-state index in [4.69, 9.17) is 0 Å². The fourth-order valence-electron chi connectivity index (χ4n) is 4.72. The Bertz CT molecular complexity index is 1180. The summed E-state index contributed by atoms with van der Waals surface area (Å²) in [5, 5.41) is 11.3. The number of rotatable bonds is 6. The van der Waals surface area contributed by atoms with Gasteiger partial charge in [-0.15, -0.1) is 5.10 Å². The minimum atomic E-state index is -0.318. The fraction of sp³-hybridized carbons (Fsp3) is 0.333. The van der Waals surface area contributed by atoms with Gasteiger partial charge in [0.2, 0.25) is 11.8 Å². The summed E-state index contributed by atoms with van der Waals surface area (Å²) in [6.45, 7) is 2.70. The third kappa shape index (κ3) is 5.22. The standard InChI is InChI=1S/C27H28FN5O2/c28-23-4-1-3-19(15-23)16-26(34)32-13-10-21(11-14-32)20-6-8-24(9-7-20)33(25-5-2-12-30-31-25)27(35)22-17-29-18-22/h1-9,12,15,21-22,29H,10-11,13-14,16-18H2. The van der Waals surface area contributed by atoms with E-state index in [0.29, 0.717) is 43.5 Å². The number of hydrogen-bond donors (Lipinski definition) is 1. The summed E-state index contributed by atoms with van der Waals surface area (Å²) in [6.07, 6.45) is 3.55. The van der Waals surface area contributed by atoms with Gasteiger partial charge >= 0.3 is 0 Å². The van der Waals surface area contributed by atoms with Crippen LogP contribution in [0, 0.1) is 11.7 Å². The monoisotopic (exact) mass is 473 g/mol. The van der Waals surface area contributed by atoms with Gasteiger partial charge in [-0.1, -0.05) is 24.3 Å². The van der Waals surface area contributed by atoms with Crippen LogP contribution in [-0.2, 0) is 16.0 Å². The molecule has 2 saturated heterocycles. The molecule has 1 N–H and O–H groups in total. The van der Waals surface area contributed by atoms with Gasteiger partial charge < -0.3 is 10.2 Å². The molecule has 35 heavy (non-hydrogen) atoms. The Morgan fingerprint density at radius 3 is 2.43 bits per heavy atom. The highest BCUT2D eigenvalue weighted by Gasteiger charge is 2.32. The highest BCUT2D eigenvalue weighted by Crippen LogP contribution is 2.32. The number of amides is 2. The van der Waals surface area contributed by atoms with Crippen LogP contribution in [0.2, 0.25) is 0 Å². The van der Waals surface area contributed by atoms with Crippen LogP contribution in [-0.4, -0.2) is 53.1 Å². The zero-order chi connectivity index (χ0) is 24.2. The maximum absolute atomic E-state index is 13.4. The summed E-state index contributed by atoms with van der Waals surface area (Å²) in [5.74, 6) is 0.531. The first-order valence-corrected chi connectivity index (χ1v) is 12.0.